The van der Waals surface area contributed by atoms with Crippen molar-refractivity contribution in [2.24, 2.45) is 5.92 Å². The zero-order valence-electron chi connectivity index (χ0n) is 17.7. The van der Waals surface area contributed by atoms with Gasteiger partial charge in [-0.3, -0.25) is 4.98 Å². The third-order valence-corrected chi connectivity index (χ3v) is 6.04. The van der Waals surface area contributed by atoms with E-state index >= 15 is 0 Å². The Hall–Kier alpha value is -2.93. The molecule has 3 aromatic carbocycles. The summed E-state index contributed by atoms with van der Waals surface area (Å²) in [6.07, 6.45) is 3.06. The van der Waals surface area contributed by atoms with Crippen LogP contribution in [0.4, 0.5) is 0 Å². The van der Waals surface area contributed by atoms with Crippen LogP contribution in [0.25, 0.3) is 44.3 Å². The second-order valence-electron chi connectivity index (χ2n) is 9.00. The third kappa shape index (κ3) is 2.97. The third-order valence-electron chi connectivity index (χ3n) is 6.04. The van der Waals surface area contributed by atoms with Crippen LogP contribution in [-0.2, 0) is 6.42 Å². The van der Waals surface area contributed by atoms with Gasteiger partial charge in [0.05, 0.1) is 5.69 Å². The summed E-state index contributed by atoms with van der Waals surface area (Å²) in [7, 11) is 0. The molecule has 1 aliphatic rings. The molecule has 29 heavy (non-hydrogen) atoms. The fourth-order valence-corrected chi connectivity index (χ4v) is 4.69. The van der Waals surface area contributed by atoms with Crippen LogP contribution in [0.1, 0.15) is 44.7 Å². The van der Waals surface area contributed by atoms with Crippen molar-refractivity contribution in [1.29, 1.82) is 0 Å². The Balaban J connectivity index is 1.91. The summed E-state index contributed by atoms with van der Waals surface area (Å²) in [6.45, 7) is 9.10. The maximum Gasteiger partial charge on any atom is 0.0792 e. The van der Waals surface area contributed by atoms with Gasteiger partial charge in [0.1, 0.15) is 0 Å². The van der Waals surface area contributed by atoms with Gasteiger partial charge in [-0.2, -0.15) is 0 Å². The van der Waals surface area contributed by atoms with Crippen molar-refractivity contribution in [3.63, 3.8) is 0 Å². The van der Waals surface area contributed by atoms with Crippen molar-refractivity contribution in [2.75, 3.05) is 0 Å². The lowest BCUT2D eigenvalue weighted by atomic mass is 9.90. The van der Waals surface area contributed by atoms with Crippen LogP contribution in [-0.4, -0.2) is 4.98 Å². The second kappa shape index (κ2) is 6.84. The number of benzene rings is 3. The summed E-state index contributed by atoms with van der Waals surface area (Å²) in [4.78, 5) is 4.89. The lowest BCUT2D eigenvalue weighted by molar-refractivity contribution is 0.648. The molecule has 0 atom stereocenters. The summed E-state index contributed by atoms with van der Waals surface area (Å²) in [5.74, 6) is 1.13. The predicted molar refractivity (Wildman–Crippen MR) is 124 cm³/mol. The van der Waals surface area contributed by atoms with Gasteiger partial charge in [0.15, 0.2) is 0 Å². The van der Waals surface area contributed by atoms with E-state index in [9.17, 15) is 0 Å². The molecular formula is C28H27N. The number of aromatic nitrogens is 1. The van der Waals surface area contributed by atoms with Crippen molar-refractivity contribution < 1.29 is 0 Å². The molecule has 0 saturated carbocycles. The van der Waals surface area contributed by atoms with Crippen LogP contribution >= 0.6 is 0 Å². The molecule has 144 valence electrons. The van der Waals surface area contributed by atoms with Crippen molar-refractivity contribution in [3.05, 3.63) is 78.0 Å². The molecule has 1 heteroatoms. The highest BCUT2D eigenvalue weighted by Crippen LogP contribution is 2.47. The Morgan fingerprint density at radius 1 is 0.724 bits per heavy atom. The Kier molecular flexibility index (Phi) is 4.28. The van der Waals surface area contributed by atoms with E-state index in [-0.39, 0.29) is 0 Å². The van der Waals surface area contributed by atoms with Gasteiger partial charge in [0.25, 0.3) is 0 Å². The number of nitrogens with zero attached hydrogens (tertiary/aromatic N) is 1. The molecule has 0 fully saturated rings. The van der Waals surface area contributed by atoms with E-state index in [2.05, 4.69) is 88.4 Å². The zero-order valence-corrected chi connectivity index (χ0v) is 17.7. The number of hydrogen-bond donors (Lipinski definition) is 0. The topological polar surface area (TPSA) is 12.9 Å². The van der Waals surface area contributed by atoms with Gasteiger partial charge >= 0.3 is 0 Å². The molecule has 1 aliphatic carbocycles. The monoisotopic (exact) mass is 377 g/mol. The predicted octanol–water partition coefficient (Wildman–Crippen LogP) is 7.87. The van der Waals surface area contributed by atoms with E-state index < -0.39 is 0 Å². The molecule has 0 N–H and O–H groups in total. The minimum atomic E-state index is 0.500. The van der Waals surface area contributed by atoms with E-state index in [0.717, 1.165) is 12.1 Å². The van der Waals surface area contributed by atoms with Gasteiger partial charge in [-0.05, 0) is 63.1 Å². The number of pyridine rings is 1. The Labute approximate surface area is 173 Å². The molecule has 5 rings (SSSR count). The Morgan fingerprint density at radius 2 is 1.48 bits per heavy atom. The van der Waals surface area contributed by atoms with Crippen molar-refractivity contribution in [1.82, 2.24) is 4.98 Å². The molecule has 4 aromatic rings. The SMILES string of the molecule is CC(C)Cc1cc2c3c(nccc3c1)-c1ccc(C(C)C)cc1-c1ccccc1-2. The van der Waals surface area contributed by atoms with E-state index in [4.69, 9.17) is 4.98 Å². The highest BCUT2D eigenvalue weighted by Gasteiger charge is 2.23. The van der Waals surface area contributed by atoms with Gasteiger partial charge in [-0.25, -0.2) is 0 Å². The fraction of sp³-hybridized carbons (Fsp3) is 0.250. The summed E-state index contributed by atoms with van der Waals surface area (Å²) >= 11 is 0. The summed E-state index contributed by atoms with van der Waals surface area (Å²) < 4.78 is 0. The molecule has 0 aliphatic heterocycles. The molecule has 0 radical (unpaired) electrons. The van der Waals surface area contributed by atoms with Gasteiger partial charge in [0.2, 0.25) is 0 Å². The number of fused-ring (bicyclic) bond motifs is 5. The number of rotatable bonds is 3. The summed E-state index contributed by atoms with van der Waals surface area (Å²) in [5.41, 5.74) is 10.4. The van der Waals surface area contributed by atoms with Crippen LogP contribution < -0.4 is 0 Å². The zero-order chi connectivity index (χ0) is 20.1. The molecule has 0 saturated heterocycles. The lowest BCUT2D eigenvalue weighted by Crippen LogP contribution is -1.96. The smallest absolute Gasteiger partial charge is 0.0792 e. The molecule has 0 bridgehead atoms. The minimum absolute atomic E-state index is 0.500. The maximum absolute atomic E-state index is 4.89. The van der Waals surface area contributed by atoms with Gasteiger partial charge in [-0.15, -0.1) is 0 Å². The average Bonchev–Trinajstić information content (AvgIpc) is 2.82. The molecule has 0 spiro atoms. The first-order valence-corrected chi connectivity index (χ1v) is 10.7. The molecular weight excluding hydrogens is 350 g/mol. The first-order chi connectivity index (χ1) is 14.0. The quantitative estimate of drug-likeness (QED) is 0.312. The van der Waals surface area contributed by atoms with Crippen LogP contribution in [0.5, 0.6) is 0 Å². The summed E-state index contributed by atoms with van der Waals surface area (Å²) in [5, 5.41) is 2.57. The van der Waals surface area contributed by atoms with Gasteiger partial charge in [-0.1, -0.05) is 82.3 Å². The van der Waals surface area contributed by atoms with Crippen molar-refractivity contribution >= 4 is 10.8 Å². The van der Waals surface area contributed by atoms with Crippen molar-refractivity contribution in [2.45, 2.75) is 40.0 Å². The highest BCUT2D eigenvalue weighted by molar-refractivity contribution is 6.12. The van der Waals surface area contributed by atoms with Crippen LogP contribution in [0.2, 0.25) is 0 Å². The Bertz CT molecular complexity index is 1230. The molecule has 1 nitrogen and oxygen atoms in total. The first kappa shape index (κ1) is 18.1. The maximum atomic E-state index is 4.89. The van der Waals surface area contributed by atoms with Crippen molar-refractivity contribution in [3.8, 4) is 33.5 Å². The van der Waals surface area contributed by atoms with Gasteiger partial charge in [0, 0.05) is 17.1 Å². The average molecular weight is 378 g/mol. The molecule has 0 unspecified atom stereocenters. The number of hydrogen-bond acceptors (Lipinski definition) is 1. The second-order valence-corrected chi connectivity index (χ2v) is 9.00. The first-order valence-electron chi connectivity index (χ1n) is 10.7. The normalized spacial score (nSPS) is 12.2. The van der Waals surface area contributed by atoms with E-state index in [0.29, 0.717) is 11.8 Å². The van der Waals surface area contributed by atoms with Crippen LogP contribution in [0.3, 0.4) is 0 Å². The van der Waals surface area contributed by atoms with Gasteiger partial charge < -0.3 is 0 Å². The van der Waals surface area contributed by atoms with E-state index in [1.54, 1.807) is 0 Å². The van der Waals surface area contributed by atoms with Crippen LogP contribution in [0, 0.1) is 5.92 Å². The molecule has 0 amide bonds. The standard InChI is InChI=1S/C28H27N/c1-17(2)13-19-14-21-11-12-29-28-24-10-9-20(18(3)4)16-25(24)22-7-5-6-8-23(22)26(15-19)27(21)28/h5-12,14-18H,13H2,1-4H3. The van der Waals surface area contributed by atoms with E-state index in [1.165, 1.54) is 49.7 Å². The molecule has 1 aromatic heterocycles. The molecule has 1 heterocycles. The highest BCUT2D eigenvalue weighted by atomic mass is 14.7. The fourth-order valence-electron chi connectivity index (χ4n) is 4.69. The summed E-state index contributed by atoms with van der Waals surface area (Å²) in [6, 6.07) is 22.7. The Morgan fingerprint density at radius 3 is 2.21 bits per heavy atom. The minimum Gasteiger partial charge on any atom is -0.256 e. The van der Waals surface area contributed by atoms with E-state index in [1.807, 2.05) is 6.20 Å². The van der Waals surface area contributed by atoms with Crippen LogP contribution in [0.15, 0.2) is 66.9 Å². The lowest BCUT2D eigenvalue weighted by Gasteiger charge is -2.14. The largest absolute Gasteiger partial charge is 0.256 e.